The Morgan fingerprint density at radius 1 is 1.56 bits per heavy atom. The smallest absolute Gasteiger partial charge is 0.339 e. The third-order valence-corrected chi connectivity index (χ3v) is 2.96. The lowest BCUT2D eigenvalue weighted by Gasteiger charge is -2.08. The van der Waals surface area contributed by atoms with Crippen molar-refractivity contribution >= 4 is 5.97 Å². The number of carboxylic acid groups (broad SMARTS) is 1. The first kappa shape index (κ1) is 11.2. The molecule has 1 aliphatic rings. The number of carboxylic acids is 1. The summed E-state index contributed by atoms with van der Waals surface area (Å²) in [6.07, 6.45) is 4.97. The van der Waals surface area contributed by atoms with Gasteiger partial charge in [0.2, 0.25) is 0 Å². The molecule has 0 aromatic carbocycles. The van der Waals surface area contributed by atoms with Crippen LogP contribution in [0.3, 0.4) is 0 Å². The quantitative estimate of drug-likeness (QED) is 0.854. The normalized spacial score (nSPS) is 16.8. The van der Waals surface area contributed by atoms with Crippen molar-refractivity contribution in [3.63, 3.8) is 0 Å². The fraction of sp³-hybridized carbons (Fsp3) is 0.583. The van der Waals surface area contributed by atoms with Gasteiger partial charge < -0.3 is 14.3 Å². The molecule has 88 valence electrons. The van der Waals surface area contributed by atoms with E-state index in [1.54, 1.807) is 13.0 Å². The van der Waals surface area contributed by atoms with Crippen molar-refractivity contribution < 1.29 is 19.1 Å². The molecule has 1 aromatic heterocycles. The molecule has 0 radical (unpaired) electrons. The van der Waals surface area contributed by atoms with E-state index < -0.39 is 5.97 Å². The summed E-state index contributed by atoms with van der Waals surface area (Å²) in [5.41, 5.74) is 0.227. The summed E-state index contributed by atoms with van der Waals surface area (Å²) in [5.74, 6) is 0.0905. The Balaban J connectivity index is 1.94. The summed E-state index contributed by atoms with van der Waals surface area (Å²) < 4.78 is 11.0. The Kier molecular flexibility index (Phi) is 3.29. The minimum atomic E-state index is -0.951. The molecule has 1 heterocycles. The van der Waals surface area contributed by atoms with E-state index in [1.165, 1.54) is 12.8 Å². The maximum atomic E-state index is 10.8. The number of rotatable bonds is 4. The average Bonchev–Trinajstić information content (AvgIpc) is 2.83. The summed E-state index contributed by atoms with van der Waals surface area (Å²) in [5, 5.41) is 8.86. The van der Waals surface area contributed by atoms with Crippen LogP contribution in [0.25, 0.3) is 0 Å². The molecule has 0 aliphatic heterocycles. The number of aromatic carboxylic acids is 1. The largest absolute Gasteiger partial charge is 0.478 e. The molecule has 16 heavy (non-hydrogen) atoms. The first-order chi connectivity index (χ1) is 7.66. The molecule has 1 saturated carbocycles. The van der Waals surface area contributed by atoms with Gasteiger partial charge in [-0.15, -0.1) is 0 Å². The van der Waals surface area contributed by atoms with Gasteiger partial charge in [0.15, 0.2) is 0 Å². The van der Waals surface area contributed by atoms with Crippen molar-refractivity contribution in [1.29, 1.82) is 0 Å². The second kappa shape index (κ2) is 4.70. The molecule has 1 aromatic rings. The Morgan fingerprint density at radius 3 is 2.81 bits per heavy atom. The molecule has 1 aliphatic carbocycles. The van der Waals surface area contributed by atoms with Gasteiger partial charge in [-0.05, 0) is 25.8 Å². The zero-order valence-corrected chi connectivity index (χ0v) is 9.36. The van der Waals surface area contributed by atoms with Crippen LogP contribution in [0.15, 0.2) is 10.5 Å². The zero-order valence-electron chi connectivity index (χ0n) is 9.36. The highest BCUT2D eigenvalue weighted by Gasteiger charge is 2.18. The molecule has 0 unspecified atom stereocenters. The highest BCUT2D eigenvalue weighted by atomic mass is 16.5. The molecule has 0 bridgehead atoms. The van der Waals surface area contributed by atoms with Crippen LogP contribution in [0.4, 0.5) is 0 Å². The molecule has 0 amide bonds. The van der Waals surface area contributed by atoms with Crippen molar-refractivity contribution in [2.45, 2.75) is 45.3 Å². The predicted octanol–water partition coefficient (Wildman–Crippen LogP) is 2.75. The minimum absolute atomic E-state index is 0.227. The van der Waals surface area contributed by atoms with E-state index in [2.05, 4.69) is 0 Å². The maximum Gasteiger partial charge on any atom is 0.339 e. The summed E-state index contributed by atoms with van der Waals surface area (Å²) in [7, 11) is 0. The predicted molar refractivity (Wildman–Crippen MR) is 57.4 cm³/mol. The van der Waals surface area contributed by atoms with Gasteiger partial charge in [0, 0.05) is 0 Å². The number of aryl methyl sites for hydroxylation is 1. The SMILES string of the molecule is Cc1oc(COC2CCCC2)cc1C(=O)O. The molecule has 4 heteroatoms. The van der Waals surface area contributed by atoms with Crippen molar-refractivity contribution in [1.82, 2.24) is 0 Å². The lowest BCUT2D eigenvalue weighted by molar-refractivity contribution is 0.0354. The van der Waals surface area contributed by atoms with Crippen LogP contribution < -0.4 is 0 Å². The summed E-state index contributed by atoms with van der Waals surface area (Å²) in [6, 6.07) is 1.55. The number of ether oxygens (including phenoxy) is 1. The van der Waals surface area contributed by atoms with Crippen molar-refractivity contribution in [2.75, 3.05) is 0 Å². The first-order valence-corrected chi connectivity index (χ1v) is 5.61. The van der Waals surface area contributed by atoms with E-state index >= 15 is 0 Å². The van der Waals surface area contributed by atoms with Crippen LogP contribution in [-0.4, -0.2) is 17.2 Å². The van der Waals surface area contributed by atoms with Gasteiger partial charge in [-0.2, -0.15) is 0 Å². The molecule has 0 saturated heterocycles. The van der Waals surface area contributed by atoms with Gasteiger partial charge in [-0.3, -0.25) is 0 Å². The lowest BCUT2D eigenvalue weighted by Crippen LogP contribution is -2.06. The Bertz CT molecular complexity index is 374. The number of hydrogen-bond donors (Lipinski definition) is 1. The lowest BCUT2D eigenvalue weighted by atomic mass is 10.2. The van der Waals surface area contributed by atoms with Gasteiger partial charge in [-0.1, -0.05) is 12.8 Å². The molecular formula is C12H16O4. The standard InChI is InChI=1S/C12H16O4/c1-8-11(12(13)14)6-10(16-8)7-15-9-4-2-3-5-9/h6,9H,2-5,7H2,1H3,(H,13,14). The van der Waals surface area contributed by atoms with Crippen molar-refractivity contribution in [3.05, 3.63) is 23.2 Å². The van der Waals surface area contributed by atoms with Crippen LogP contribution >= 0.6 is 0 Å². The maximum absolute atomic E-state index is 10.8. The van der Waals surface area contributed by atoms with Crippen LogP contribution in [0.1, 0.15) is 47.6 Å². The van der Waals surface area contributed by atoms with Gasteiger partial charge in [0.1, 0.15) is 23.7 Å². The van der Waals surface area contributed by atoms with Crippen LogP contribution in [-0.2, 0) is 11.3 Å². The van der Waals surface area contributed by atoms with Crippen molar-refractivity contribution in [3.8, 4) is 0 Å². The second-order valence-corrected chi connectivity index (χ2v) is 4.21. The highest BCUT2D eigenvalue weighted by molar-refractivity contribution is 5.88. The van der Waals surface area contributed by atoms with Crippen LogP contribution in [0, 0.1) is 6.92 Å². The van der Waals surface area contributed by atoms with E-state index in [-0.39, 0.29) is 5.56 Å². The topological polar surface area (TPSA) is 59.7 Å². The highest BCUT2D eigenvalue weighted by Crippen LogP contribution is 2.23. The first-order valence-electron chi connectivity index (χ1n) is 5.61. The van der Waals surface area contributed by atoms with Gasteiger partial charge in [0.25, 0.3) is 0 Å². The molecule has 2 rings (SSSR count). The van der Waals surface area contributed by atoms with Gasteiger partial charge >= 0.3 is 5.97 Å². The van der Waals surface area contributed by atoms with E-state index in [9.17, 15) is 4.79 Å². The number of carbonyl (C=O) groups is 1. The van der Waals surface area contributed by atoms with E-state index in [0.717, 1.165) is 12.8 Å². The third-order valence-electron chi connectivity index (χ3n) is 2.96. The van der Waals surface area contributed by atoms with E-state index in [1.807, 2.05) is 0 Å². The fourth-order valence-electron chi connectivity index (χ4n) is 2.08. The van der Waals surface area contributed by atoms with Gasteiger partial charge in [0.05, 0.1) is 6.10 Å². The molecule has 0 spiro atoms. The summed E-state index contributed by atoms with van der Waals surface area (Å²) >= 11 is 0. The second-order valence-electron chi connectivity index (χ2n) is 4.21. The Labute approximate surface area is 94.2 Å². The third kappa shape index (κ3) is 2.44. The molecule has 4 nitrogen and oxygen atoms in total. The summed E-state index contributed by atoms with van der Waals surface area (Å²) in [6.45, 7) is 2.03. The zero-order chi connectivity index (χ0) is 11.5. The van der Waals surface area contributed by atoms with Crippen LogP contribution in [0.5, 0.6) is 0 Å². The molecule has 1 N–H and O–H groups in total. The Hall–Kier alpha value is -1.29. The molecule has 1 fully saturated rings. The summed E-state index contributed by atoms with van der Waals surface area (Å²) in [4.78, 5) is 10.8. The van der Waals surface area contributed by atoms with Crippen LogP contribution in [0.2, 0.25) is 0 Å². The van der Waals surface area contributed by atoms with Gasteiger partial charge in [-0.25, -0.2) is 4.79 Å². The number of hydrogen-bond acceptors (Lipinski definition) is 3. The average molecular weight is 224 g/mol. The van der Waals surface area contributed by atoms with E-state index in [0.29, 0.717) is 24.2 Å². The van der Waals surface area contributed by atoms with Crippen molar-refractivity contribution in [2.24, 2.45) is 0 Å². The minimum Gasteiger partial charge on any atom is -0.478 e. The molecular weight excluding hydrogens is 208 g/mol. The molecule has 0 atom stereocenters. The number of furan rings is 1. The fourth-order valence-corrected chi connectivity index (χ4v) is 2.08. The Morgan fingerprint density at radius 2 is 2.25 bits per heavy atom. The van der Waals surface area contributed by atoms with E-state index in [4.69, 9.17) is 14.3 Å². The monoisotopic (exact) mass is 224 g/mol.